The van der Waals surface area contributed by atoms with Gasteiger partial charge in [0.1, 0.15) is 17.2 Å². The Kier molecular flexibility index (Phi) is 8.41. The lowest BCUT2D eigenvalue weighted by Gasteiger charge is -2.25. The van der Waals surface area contributed by atoms with Gasteiger partial charge in [-0.2, -0.15) is 0 Å². The highest BCUT2D eigenvalue weighted by Crippen LogP contribution is 2.36. The zero-order valence-electron chi connectivity index (χ0n) is 21.5. The molecular weight excluding hydrogens is 508 g/mol. The fourth-order valence-corrected chi connectivity index (χ4v) is 5.96. The number of carbonyl (C=O) groups excluding carboxylic acids is 3. The Labute approximate surface area is 225 Å². The van der Waals surface area contributed by atoms with Gasteiger partial charge in [-0.3, -0.25) is 14.5 Å². The molecule has 0 spiro atoms. The van der Waals surface area contributed by atoms with Crippen LogP contribution < -0.4 is 20.7 Å². The fraction of sp³-hybridized carbons (Fsp3) is 0.370. The van der Waals surface area contributed by atoms with E-state index in [2.05, 4.69) is 41.6 Å². The highest BCUT2D eigenvalue weighted by Gasteiger charge is 2.24. The van der Waals surface area contributed by atoms with Gasteiger partial charge in [-0.25, -0.2) is 4.79 Å². The van der Waals surface area contributed by atoms with E-state index in [1.807, 2.05) is 42.5 Å². The molecule has 0 atom stereocenters. The number of nitrogens with zero attached hydrogens (tertiary/aromatic N) is 1. The number of benzene rings is 2. The number of anilines is 2. The average molecular weight is 541 g/mol. The third-order valence-electron chi connectivity index (χ3n) is 5.97. The summed E-state index contributed by atoms with van der Waals surface area (Å²) >= 11 is 2.76. The molecule has 10 heteroatoms. The van der Waals surface area contributed by atoms with Gasteiger partial charge in [0.05, 0.1) is 17.9 Å². The molecule has 8 nitrogen and oxygen atoms in total. The topological polar surface area (TPSA) is 99.8 Å². The highest BCUT2D eigenvalue weighted by molar-refractivity contribution is 8.13. The van der Waals surface area contributed by atoms with Crippen LogP contribution in [0.25, 0.3) is 10.8 Å². The van der Waals surface area contributed by atoms with Crippen molar-refractivity contribution in [2.24, 2.45) is 0 Å². The molecule has 196 valence electrons. The van der Waals surface area contributed by atoms with Crippen LogP contribution in [0, 0.1) is 0 Å². The molecule has 1 fully saturated rings. The Morgan fingerprint density at radius 2 is 1.78 bits per heavy atom. The molecule has 1 aliphatic rings. The predicted octanol–water partition coefficient (Wildman–Crippen LogP) is 5.16. The van der Waals surface area contributed by atoms with Crippen molar-refractivity contribution in [1.82, 2.24) is 10.2 Å². The molecular formula is C27H32N4O4S2. The molecule has 4 rings (SSSR count). The van der Waals surface area contributed by atoms with Gasteiger partial charge in [0.25, 0.3) is 5.91 Å². The van der Waals surface area contributed by atoms with Crippen LogP contribution in [-0.2, 0) is 10.2 Å². The minimum atomic E-state index is -0.435. The Morgan fingerprint density at radius 1 is 1.05 bits per heavy atom. The highest BCUT2D eigenvalue weighted by atomic mass is 32.2. The SMILES string of the molecule is CNC(=O)c1sc(C(C)(C)C)cc1NC(=O)Nc1ccc(OCCN2CCSC(=O)C2)c2ccccc12. The fourth-order valence-electron chi connectivity index (χ4n) is 3.99. The van der Waals surface area contributed by atoms with Crippen LogP contribution in [-0.4, -0.2) is 61.0 Å². The first-order valence-electron chi connectivity index (χ1n) is 12.1. The van der Waals surface area contributed by atoms with Crippen molar-refractivity contribution in [3.05, 3.63) is 52.2 Å². The molecule has 3 aromatic rings. The first kappa shape index (κ1) is 27.0. The normalized spacial score (nSPS) is 14.4. The van der Waals surface area contributed by atoms with Crippen LogP contribution in [0.1, 0.15) is 35.3 Å². The summed E-state index contributed by atoms with van der Waals surface area (Å²) in [5.74, 6) is 1.29. The lowest BCUT2D eigenvalue weighted by atomic mass is 9.94. The average Bonchev–Trinajstić information content (AvgIpc) is 3.29. The number of carbonyl (C=O) groups is 3. The number of thiophene rings is 1. The molecule has 1 saturated heterocycles. The van der Waals surface area contributed by atoms with E-state index in [9.17, 15) is 14.4 Å². The number of rotatable bonds is 7. The summed E-state index contributed by atoms with van der Waals surface area (Å²) in [4.78, 5) is 40.6. The van der Waals surface area contributed by atoms with Crippen LogP contribution in [0.3, 0.4) is 0 Å². The summed E-state index contributed by atoms with van der Waals surface area (Å²) in [7, 11) is 1.57. The van der Waals surface area contributed by atoms with E-state index in [1.54, 1.807) is 7.05 Å². The van der Waals surface area contributed by atoms with Gasteiger partial charge in [-0.05, 0) is 23.6 Å². The van der Waals surface area contributed by atoms with Crippen LogP contribution in [0.15, 0.2) is 42.5 Å². The Bertz CT molecular complexity index is 1320. The van der Waals surface area contributed by atoms with Crippen LogP contribution in [0.2, 0.25) is 0 Å². The Balaban J connectivity index is 1.48. The number of ether oxygens (including phenoxy) is 1. The molecule has 0 bridgehead atoms. The number of fused-ring (bicyclic) bond motifs is 1. The standard InChI is InChI=1S/C27H32N4O4S2/c1-27(2,3)22-15-20(24(37-22)25(33)28-4)30-26(34)29-19-9-10-21(18-8-6-5-7-17(18)19)35-13-11-31-12-14-36-23(32)16-31/h5-10,15H,11-14,16H2,1-4H3,(H,28,33)(H2,29,30,34). The molecule has 2 aromatic carbocycles. The third kappa shape index (κ3) is 6.63. The summed E-state index contributed by atoms with van der Waals surface area (Å²) in [6.45, 7) is 8.67. The van der Waals surface area contributed by atoms with Crippen molar-refractivity contribution >= 4 is 62.3 Å². The lowest BCUT2D eigenvalue weighted by molar-refractivity contribution is -0.112. The van der Waals surface area contributed by atoms with Crippen LogP contribution >= 0.6 is 23.1 Å². The summed E-state index contributed by atoms with van der Waals surface area (Å²) in [5, 5.41) is 10.3. The molecule has 1 aliphatic heterocycles. The van der Waals surface area contributed by atoms with Crippen molar-refractivity contribution < 1.29 is 19.1 Å². The van der Waals surface area contributed by atoms with E-state index in [0.717, 1.165) is 27.9 Å². The van der Waals surface area contributed by atoms with Gasteiger partial charge in [-0.1, -0.05) is 56.8 Å². The van der Waals surface area contributed by atoms with E-state index in [-0.39, 0.29) is 16.4 Å². The zero-order valence-corrected chi connectivity index (χ0v) is 23.1. The van der Waals surface area contributed by atoms with Gasteiger partial charge < -0.3 is 20.7 Å². The van der Waals surface area contributed by atoms with E-state index < -0.39 is 6.03 Å². The van der Waals surface area contributed by atoms with Gasteiger partial charge in [0.2, 0.25) is 5.12 Å². The van der Waals surface area contributed by atoms with Crippen LogP contribution in [0.5, 0.6) is 5.75 Å². The minimum Gasteiger partial charge on any atom is -0.492 e. The molecule has 0 aliphatic carbocycles. The molecule has 1 aromatic heterocycles. The second kappa shape index (κ2) is 11.5. The number of nitrogens with one attached hydrogen (secondary N) is 3. The second-order valence-electron chi connectivity index (χ2n) is 9.76. The maximum atomic E-state index is 13.0. The number of hydrogen-bond donors (Lipinski definition) is 3. The van der Waals surface area contributed by atoms with Gasteiger partial charge in [-0.15, -0.1) is 11.3 Å². The summed E-state index contributed by atoms with van der Waals surface area (Å²) < 4.78 is 6.07. The molecule has 0 radical (unpaired) electrons. The van der Waals surface area contributed by atoms with Crippen molar-refractivity contribution in [2.75, 3.05) is 49.7 Å². The Morgan fingerprint density at radius 3 is 2.49 bits per heavy atom. The number of hydrogen-bond acceptors (Lipinski definition) is 7. The smallest absolute Gasteiger partial charge is 0.323 e. The van der Waals surface area contributed by atoms with Crippen molar-refractivity contribution in [3.8, 4) is 5.75 Å². The zero-order chi connectivity index (χ0) is 26.6. The Hall–Kier alpha value is -3.08. The van der Waals surface area contributed by atoms with Gasteiger partial charge in [0.15, 0.2) is 0 Å². The van der Waals surface area contributed by atoms with E-state index in [1.165, 1.54) is 23.1 Å². The summed E-state index contributed by atoms with van der Waals surface area (Å²) in [6.07, 6.45) is 0. The molecule has 0 unspecified atom stereocenters. The van der Waals surface area contributed by atoms with Gasteiger partial charge >= 0.3 is 6.03 Å². The quantitative estimate of drug-likeness (QED) is 0.383. The molecule has 37 heavy (non-hydrogen) atoms. The summed E-state index contributed by atoms with van der Waals surface area (Å²) in [6, 6.07) is 12.8. The van der Waals surface area contributed by atoms with E-state index in [4.69, 9.17) is 4.74 Å². The molecule has 0 saturated carbocycles. The summed E-state index contributed by atoms with van der Waals surface area (Å²) in [5.41, 5.74) is 0.954. The molecule has 3 amide bonds. The lowest BCUT2D eigenvalue weighted by Crippen LogP contribution is -2.38. The maximum Gasteiger partial charge on any atom is 0.323 e. The second-order valence-corrected chi connectivity index (χ2v) is 12.0. The maximum absolute atomic E-state index is 13.0. The van der Waals surface area contributed by atoms with Crippen molar-refractivity contribution in [3.63, 3.8) is 0 Å². The van der Waals surface area contributed by atoms with Crippen molar-refractivity contribution in [2.45, 2.75) is 26.2 Å². The van der Waals surface area contributed by atoms with Crippen molar-refractivity contribution in [1.29, 1.82) is 0 Å². The predicted molar refractivity (Wildman–Crippen MR) is 152 cm³/mol. The third-order valence-corrected chi connectivity index (χ3v) is 8.37. The number of urea groups is 1. The van der Waals surface area contributed by atoms with E-state index in [0.29, 0.717) is 41.7 Å². The minimum absolute atomic E-state index is 0.154. The number of thioether (sulfide) groups is 1. The van der Waals surface area contributed by atoms with Crippen LogP contribution in [0.4, 0.5) is 16.2 Å². The van der Waals surface area contributed by atoms with E-state index >= 15 is 0 Å². The monoisotopic (exact) mass is 540 g/mol. The molecule has 3 N–H and O–H groups in total. The first-order chi connectivity index (χ1) is 17.7. The van der Waals surface area contributed by atoms with Gasteiger partial charge in [0, 0.05) is 41.5 Å². The largest absolute Gasteiger partial charge is 0.492 e. The molecule has 2 heterocycles. The number of amides is 3. The first-order valence-corrected chi connectivity index (χ1v) is 13.9.